The van der Waals surface area contributed by atoms with Crippen LogP contribution in [0.15, 0.2) is 64.4 Å². The summed E-state index contributed by atoms with van der Waals surface area (Å²) < 4.78 is 5.42. The van der Waals surface area contributed by atoms with Gasteiger partial charge in [0.05, 0.1) is 18.6 Å². The van der Waals surface area contributed by atoms with E-state index in [4.69, 9.17) is 4.42 Å². The third-order valence-corrected chi connectivity index (χ3v) is 4.61. The van der Waals surface area contributed by atoms with Gasteiger partial charge in [0.15, 0.2) is 5.16 Å². The Morgan fingerprint density at radius 2 is 1.77 bits per heavy atom. The molecule has 5 nitrogen and oxygen atoms in total. The number of hydrogen-bond acceptors (Lipinski definition) is 5. The maximum Gasteiger partial charge on any atom is 0.233 e. The first-order chi connectivity index (χ1) is 12.6. The van der Waals surface area contributed by atoms with Crippen molar-refractivity contribution in [2.45, 2.75) is 32.1 Å². The predicted molar refractivity (Wildman–Crippen MR) is 102 cm³/mol. The van der Waals surface area contributed by atoms with Gasteiger partial charge in [-0.05, 0) is 37.6 Å². The highest BCUT2D eigenvalue weighted by Crippen LogP contribution is 2.17. The monoisotopic (exact) mass is 367 g/mol. The number of furan rings is 1. The van der Waals surface area contributed by atoms with E-state index in [1.807, 2.05) is 62.4 Å². The minimum Gasteiger partial charge on any atom is -0.467 e. The summed E-state index contributed by atoms with van der Waals surface area (Å²) >= 11 is 1.36. The van der Waals surface area contributed by atoms with Crippen molar-refractivity contribution in [1.82, 2.24) is 14.9 Å². The molecular formula is C20H21N3O2S. The maximum atomic E-state index is 12.8. The van der Waals surface area contributed by atoms with E-state index in [9.17, 15) is 4.79 Å². The third kappa shape index (κ3) is 5.20. The molecule has 0 bridgehead atoms. The van der Waals surface area contributed by atoms with E-state index >= 15 is 0 Å². The highest BCUT2D eigenvalue weighted by atomic mass is 32.2. The Hall–Kier alpha value is -2.60. The van der Waals surface area contributed by atoms with Crippen LogP contribution in [0.5, 0.6) is 0 Å². The predicted octanol–water partition coefficient (Wildman–Crippen LogP) is 4.01. The second kappa shape index (κ2) is 8.67. The lowest BCUT2D eigenvalue weighted by Gasteiger charge is -2.21. The van der Waals surface area contributed by atoms with Crippen LogP contribution < -0.4 is 0 Å². The summed E-state index contributed by atoms with van der Waals surface area (Å²) in [6.45, 7) is 4.84. The van der Waals surface area contributed by atoms with Crippen LogP contribution in [0.4, 0.5) is 0 Å². The van der Waals surface area contributed by atoms with Gasteiger partial charge in [-0.3, -0.25) is 4.79 Å². The molecule has 0 saturated carbocycles. The number of nitrogens with zero attached hydrogens (tertiary/aromatic N) is 3. The minimum absolute atomic E-state index is 0.0259. The number of carbonyl (C=O) groups is 1. The van der Waals surface area contributed by atoms with Crippen molar-refractivity contribution in [2.75, 3.05) is 5.75 Å². The van der Waals surface area contributed by atoms with Crippen molar-refractivity contribution < 1.29 is 9.21 Å². The number of hydrogen-bond donors (Lipinski definition) is 0. The van der Waals surface area contributed by atoms with Gasteiger partial charge in [-0.15, -0.1) is 0 Å². The van der Waals surface area contributed by atoms with Gasteiger partial charge in [-0.1, -0.05) is 42.1 Å². The standard InChI is InChI=1S/C20H21N3O2S/c1-15-11-16(2)22-20(21-15)26-14-19(24)23(13-18-9-6-10-25-18)12-17-7-4-3-5-8-17/h3-11H,12-14H2,1-2H3. The molecule has 0 unspecified atom stereocenters. The van der Waals surface area contributed by atoms with E-state index in [1.165, 1.54) is 11.8 Å². The Labute approximate surface area is 157 Å². The highest BCUT2D eigenvalue weighted by molar-refractivity contribution is 7.99. The van der Waals surface area contributed by atoms with E-state index in [1.54, 1.807) is 11.2 Å². The van der Waals surface area contributed by atoms with Crippen LogP contribution >= 0.6 is 11.8 Å². The van der Waals surface area contributed by atoms with Crippen molar-refractivity contribution in [3.8, 4) is 0 Å². The first-order valence-electron chi connectivity index (χ1n) is 8.39. The molecule has 134 valence electrons. The van der Waals surface area contributed by atoms with Crippen molar-refractivity contribution in [2.24, 2.45) is 0 Å². The molecule has 0 saturated heterocycles. The largest absolute Gasteiger partial charge is 0.467 e. The number of thioether (sulfide) groups is 1. The van der Waals surface area contributed by atoms with Crippen molar-refractivity contribution >= 4 is 17.7 Å². The Bertz CT molecular complexity index is 831. The molecule has 0 atom stereocenters. The molecule has 26 heavy (non-hydrogen) atoms. The van der Waals surface area contributed by atoms with E-state index < -0.39 is 0 Å². The molecule has 1 aromatic carbocycles. The van der Waals surface area contributed by atoms with Gasteiger partial charge >= 0.3 is 0 Å². The van der Waals surface area contributed by atoms with E-state index in [0.717, 1.165) is 22.7 Å². The summed E-state index contributed by atoms with van der Waals surface area (Å²) in [5, 5.41) is 0.633. The summed E-state index contributed by atoms with van der Waals surface area (Å²) in [5.74, 6) is 1.08. The molecule has 0 aliphatic rings. The molecular weight excluding hydrogens is 346 g/mol. The molecule has 1 amide bonds. The second-order valence-electron chi connectivity index (χ2n) is 6.04. The molecule has 3 aromatic rings. The molecule has 3 rings (SSSR count). The van der Waals surface area contributed by atoms with Gasteiger partial charge in [0.1, 0.15) is 5.76 Å². The third-order valence-electron chi connectivity index (χ3n) is 3.78. The summed E-state index contributed by atoms with van der Waals surface area (Å²) in [5.41, 5.74) is 2.90. The molecule has 0 aliphatic carbocycles. The van der Waals surface area contributed by atoms with E-state index in [0.29, 0.717) is 18.2 Å². The number of carbonyl (C=O) groups excluding carboxylic acids is 1. The van der Waals surface area contributed by atoms with Gasteiger partial charge < -0.3 is 9.32 Å². The lowest BCUT2D eigenvalue weighted by Crippen LogP contribution is -2.31. The van der Waals surface area contributed by atoms with Crippen LogP contribution in [0.25, 0.3) is 0 Å². The smallest absolute Gasteiger partial charge is 0.233 e. The number of aryl methyl sites for hydroxylation is 2. The fourth-order valence-corrected chi connectivity index (χ4v) is 3.45. The first-order valence-corrected chi connectivity index (χ1v) is 9.38. The number of rotatable bonds is 7. The Morgan fingerprint density at radius 3 is 2.42 bits per heavy atom. The lowest BCUT2D eigenvalue weighted by molar-refractivity contribution is -0.129. The van der Waals surface area contributed by atoms with Crippen LogP contribution in [0, 0.1) is 13.8 Å². The van der Waals surface area contributed by atoms with Gasteiger partial charge in [0, 0.05) is 17.9 Å². The van der Waals surface area contributed by atoms with E-state index in [2.05, 4.69) is 9.97 Å². The number of benzene rings is 1. The SMILES string of the molecule is Cc1cc(C)nc(SCC(=O)N(Cc2ccccc2)Cc2ccco2)n1. The molecule has 6 heteroatoms. The van der Waals surface area contributed by atoms with Crippen LogP contribution in [-0.4, -0.2) is 26.5 Å². The molecule has 0 spiro atoms. The van der Waals surface area contributed by atoms with Gasteiger partial charge in [-0.25, -0.2) is 9.97 Å². The van der Waals surface area contributed by atoms with Crippen LogP contribution in [0.1, 0.15) is 22.7 Å². The van der Waals surface area contributed by atoms with E-state index in [-0.39, 0.29) is 11.7 Å². The fraction of sp³-hybridized carbons (Fsp3) is 0.250. The molecule has 2 aromatic heterocycles. The Kier molecular flexibility index (Phi) is 6.07. The Balaban J connectivity index is 1.69. The van der Waals surface area contributed by atoms with Crippen molar-refractivity contribution in [3.05, 3.63) is 77.5 Å². The van der Waals surface area contributed by atoms with Gasteiger partial charge in [-0.2, -0.15) is 0 Å². The van der Waals surface area contributed by atoms with Gasteiger partial charge in [0.2, 0.25) is 5.91 Å². The zero-order valence-electron chi connectivity index (χ0n) is 14.9. The maximum absolute atomic E-state index is 12.8. The van der Waals surface area contributed by atoms with Crippen molar-refractivity contribution in [1.29, 1.82) is 0 Å². The lowest BCUT2D eigenvalue weighted by atomic mass is 10.2. The zero-order valence-corrected chi connectivity index (χ0v) is 15.7. The molecule has 0 aliphatic heterocycles. The van der Waals surface area contributed by atoms with Crippen LogP contribution in [0.3, 0.4) is 0 Å². The van der Waals surface area contributed by atoms with Crippen LogP contribution in [0.2, 0.25) is 0 Å². The second-order valence-corrected chi connectivity index (χ2v) is 6.98. The average molecular weight is 367 g/mol. The summed E-state index contributed by atoms with van der Waals surface area (Å²) in [4.78, 5) is 23.4. The molecule has 2 heterocycles. The summed E-state index contributed by atoms with van der Waals surface area (Å²) in [6.07, 6.45) is 1.62. The normalized spacial score (nSPS) is 10.7. The number of amides is 1. The average Bonchev–Trinajstić information content (AvgIpc) is 3.12. The summed E-state index contributed by atoms with van der Waals surface area (Å²) in [6, 6.07) is 15.6. The Morgan fingerprint density at radius 1 is 1.04 bits per heavy atom. The van der Waals surface area contributed by atoms with Crippen molar-refractivity contribution in [3.63, 3.8) is 0 Å². The minimum atomic E-state index is 0.0259. The summed E-state index contributed by atoms with van der Waals surface area (Å²) in [7, 11) is 0. The topological polar surface area (TPSA) is 59.2 Å². The molecule has 0 radical (unpaired) electrons. The zero-order chi connectivity index (χ0) is 18.4. The fourth-order valence-electron chi connectivity index (χ4n) is 2.60. The van der Waals surface area contributed by atoms with Crippen LogP contribution in [-0.2, 0) is 17.9 Å². The quantitative estimate of drug-likeness (QED) is 0.466. The molecule has 0 fully saturated rings. The highest BCUT2D eigenvalue weighted by Gasteiger charge is 2.17. The molecule has 0 N–H and O–H groups in total. The van der Waals surface area contributed by atoms with Gasteiger partial charge in [0.25, 0.3) is 0 Å². The number of aromatic nitrogens is 2. The first kappa shape index (κ1) is 18.2.